The van der Waals surface area contributed by atoms with Crippen molar-refractivity contribution in [1.29, 1.82) is 0 Å². The van der Waals surface area contributed by atoms with Gasteiger partial charge in [-0.25, -0.2) is 21.1 Å². The first kappa shape index (κ1) is 51.9. The highest BCUT2D eigenvalue weighted by Crippen LogP contribution is 2.34. The number of sulfone groups is 1. The number of nitrogens with one attached hydrogen (secondary N) is 7. The third-order valence-corrected chi connectivity index (χ3v) is 17.4. The van der Waals surface area contributed by atoms with Gasteiger partial charge in [0.05, 0.1) is 54.1 Å². The zero-order valence-corrected chi connectivity index (χ0v) is 41.2. The fourth-order valence-corrected chi connectivity index (χ4v) is 12.9. The molecule has 0 aromatic heterocycles. The number of hydrogen-bond donors (Lipinski definition) is 7. The number of carbonyl (C=O) groups is 7. The van der Waals surface area contributed by atoms with Crippen molar-refractivity contribution in [3.63, 3.8) is 0 Å². The Kier molecular flexibility index (Phi) is 17.2. The van der Waals surface area contributed by atoms with Gasteiger partial charge in [0.25, 0.3) is 11.8 Å². The molecule has 7 rings (SSSR count). The average molecular weight is 1020 g/mol. The van der Waals surface area contributed by atoms with E-state index in [0.717, 1.165) is 41.9 Å². The maximum Gasteiger partial charge on any atom is 0.264 e. The lowest BCUT2D eigenvalue weighted by Crippen LogP contribution is -2.54. The zero-order valence-electron chi connectivity index (χ0n) is 38.8. The summed E-state index contributed by atoms with van der Waals surface area (Å²) in [5.74, 6) is -2.90. The molecule has 5 aliphatic rings. The van der Waals surface area contributed by atoms with E-state index in [2.05, 4.69) is 55.4 Å². The van der Waals surface area contributed by atoms with Crippen molar-refractivity contribution in [2.24, 2.45) is 5.92 Å². The van der Waals surface area contributed by atoms with Gasteiger partial charge in [0, 0.05) is 50.1 Å². The van der Waals surface area contributed by atoms with E-state index >= 15 is 0 Å². The monoisotopic (exact) mass is 1010 g/mol. The van der Waals surface area contributed by atoms with Gasteiger partial charge in [0.1, 0.15) is 21.4 Å². The van der Waals surface area contributed by atoms with Crippen LogP contribution in [-0.2, 0) is 43.8 Å². The van der Waals surface area contributed by atoms with Crippen LogP contribution < -0.4 is 37.2 Å². The maximum absolute atomic E-state index is 13.3. The third-order valence-electron chi connectivity index (χ3n) is 13.2. The minimum absolute atomic E-state index is 0.00364. The smallest absolute Gasteiger partial charge is 0.264 e. The summed E-state index contributed by atoms with van der Waals surface area (Å²) in [7, 11) is -4.87. The SMILES string of the molecule is CN(CC(=O)NCCCCS(=O)(=O)CCCNc1cccc2c1C(=O)N(C1CCC(=O)NC1=O)C2=O)C1CC(c2cccc(C3CSC(NC(=O)CNC(=O)C4CCN(S(C)(=O)=O)C4)N3)c2)CCN1. The zero-order chi connectivity index (χ0) is 49.5. The van der Waals surface area contributed by atoms with Gasteiger partial charge in [-0.1, -0.05) is 30.3 Å². The summed E-state index contributed by atoms with van der Waals surface area (Å²) in [5.41, 5.74) is 2.55. The number of imide groups is 2. The van der Waals surface area contributed by atoms with E-state index in [0.29, 0.717) is 31.5 Å². The summed E-state index contributed by atoms with van der Waals surface area (Å²) in [6, 6.07) is 12.0. The number of unbranched alkanes of at least 4 members (excludes halogenated alkanes) is 1. The number of fused-ring (bicyclic) bond motifs is 1. The minimum Gasteiger partial charge on any atom is -0.384 e. The molecule has 4 saturated heterocycles. The van der Waals surface area contributed by atoms with Crippen LogP contribution >= 0.6 is 11.8 Å². The van der Waals surface area contributed by atoms with Crippen molar-refractivity contribution in [3.8, 4) is 0 Å². The lowest BCUT2D eigenvalue weighted by Gasteiger charge is -2.36. The number of likely N-dealkylation sites (N-methyl/N-ethyl adjacent to an activating group) is 1. The summed E-state index contributed by atoms with van der Waals surface area (Å²) in [5, 5.41) is 20.7. The summed E-state index contributed by atoms with van der Waals surface area (Å²) in [4.78, 5) is 91.5. The summed E-state index contributed by atoms with van der Waals surface area (Å²) < 4.78 is 50.5. The lowest BCUT2D eigenvalue weighted by atomic mass is 9.87. The molecule has 0 radical (unpaired) electrons. The van der Waals surface area contributed by atoms with Crippen LogP contribution in [-0.4, -0.2) is 166 Å². The Hall–Kier alpha value is -4.98. The fraction of sp³-hybridized carbons (Fsp3) is 0.578. The van der Waals surface area contributed by atoms with Crippen molar-refractivity contribution in [2.45, 2.75) is 81.0 Å². The number of hydrogen-bond acceptors (Lipinski definition) is 16. The minimum atomic E-state index is -3.40. The molecule has 6 atom stereocenters. The van der Waals surface area contributed by atoms with Crippen LogP contribution in [0.4, 0.5) is 5.69 Å². The lowest BCUT2D eigenvalue weighted by molar-refractivity contribution is -0.136. The first-order valence-electron chi connectivity index (χ1n) is 23.4. The van der Waals surface area contributed by atoms with E-state index in [9.17, 15) is 50.4 Å². The van der Waals surface area contributed by atoms with Crippen molar-refractivity contribution in [2.75, 3.05) is 81.7 Å². The molecular weight excluding hydrogens is 953 g/mol. The van der Waals surface area contributed by atoms with E-state index in [1.165, 1.54) is 15.9 Å². The third kappa shape index (κ3) is 13.5. The summed E-state index contributed by atoms with van der Waals surface area (Å²) in [6.45, 7) is 1.69. The molecule has 4 fully saturated rings. The highest BCUT2D eigenvalue weighted by Gasteiger charge is 2.45. The second-order valence-electron chi connectivity index (χ2n) is 18.3. The van der Waals surface area contributed by atoms with Gasteiger partial charge in [0.15, 0.2) is 0 Å². The van der Waals surface area contributed by atoms with E-state index < -0.39 is 55.4 Å². The summed E-state index contributed by atoms with van der Waals surface area (Å²) >= 11 is 1.56. The van der Waals surface area contributed by atoms with Crippen LogP contribution in [0.2, 0.25) is 0 Å². The van der Waals surface area contributed by atoms with Crippen LogP contribution in [0.15, 0.2) is 42.5 Å². The number of rotatable bonds is 21. The number of piperidine rings is 2. The highest BCUT2D eigenvalue weighted by atomic mass is 32.2. The molecule has 69 heavy (non-hydrogen) atoms. The van der Waals surface area contributed by atoms with Crippen molar-refractivity contribution in [1.82, 2.24) is 46.0 Å². The van der Waals surface area contributed by atoms with E-state index in [1.807, 2.05) is 18.0 Å². The second kappa shape index (κ2) is 22.8. The van der Waals surface area contributed by atoms with Gasteiger partial charge in [0.2, 0.25) is 39.6 Å². The van der Waals surface area contributed by atoms with Crippen molar-refractivity contribution in [3.05, 3.63) is 64.7 Å². The Bertz CT molecular complexity index is 2530. The fourth-order valence-electron chi connectivity index (χ4n) is 9.41. The molecule has 7 amide bonds. The van der Waals surface area contributed by atoms with Gasteiger partial charge < -0.3 is 26.6 Å². The van der Waals surface area contributed by atoms with Gasteiger partial charge in [-0.05, 0) is 87.7 Å². The first-order valence-corrected chi connectivity index (χ1v) is 28.1. The predicted octanol–water partition coefficient (Wildman–Crippen LogP) is -0.199. The molecule has 2 aromatic carbocycles. The number of benzene rings is 2. The molecule has 5 heterocycles. The Morgan fingerprint density at radius 3 is 2.42 bits per heavy atom. The second-order valence-corrected chi connectivity index (χ2v) is 23.7. The van der Waals surface area contributed by atoms with Crippen molar-refractivity contribution >= 4 is 78.7 Å². The highest BCUT2D eigenvalue weighted by molar-refractivity contribution is 8.00. The number of sulfonamides is 1. The number of nitrogens with zero attached hydrogens (tertiary/aromatic N) is 3. The molecule has 0 saturated carbocycles. The van der Waals surface area contributed by atoms with Gasteiger partial charge in [-0.15, -0.1) is 11.8 Å². The van der Waals surface area contributed by atoms with Gasteiger partial charge in [-0.3, -0.25) is 54.0 Å². The van der Waals surface area contributed by atoms with E-state index in [4.69, 9.17) is 0 Å². The Balaban J connectivity index is 0.767. The summed E-state index contributed by atoms with van der Waals surface area (Å²) in [6.07, 6.45) is 4.37. The normalized spacial score (nSPS) is 24.3. The molecule has 2 aromatic rings. The molecule has 6 unspecified atom stereocenters. The quantitative estimate of drug-likeness (QED) is 0.0630. The Morgan fingerprint density at radius 2 is 1.65 bits per heavy atom. The van der Waals surface area contributed by atoms with Gasteiger partial charge >= 0.3 is 0 Å². The number of anilines is 1. The molecular formula is C45H62N10O11S3. The van der Waals surface area contributed by atoms with Crippen molar-refractivity contribution < 1.29 is 50.4 Å². The van der Waals surface area contributed by atoms with Crippen LogP contribution in [0.5, 0.6) is 0 Å². The largest absolute Gasteiger partial charge is 0.384 e. The number of carbonyl (C=O) groups excluding carboxylic acids is 7. The first-order chi connectivity index (χ1) is 32.9. The predicted molar refractivity (Wildman–Crippen MR) is 258 cm³/mol. The molecule has 0 bridgehead atoms. The Morgan fingerprint density at radius 1 is 0.884 bits per heavy atom. The number of thioether (sulfide) groups is 1. The number of amides is 7. The topological polar surface area (TPSA) is 282 Å². The van der Waals surface area contributed by atoms with Gasteiger partial charge in [-0.2, -0.15) is 0 Å². The van der Waals surface area contributed by atoms with Crippen LogP contribution in [0, 0.1) is 5.92 Å². The molecule has 0 spiro atoms. The molecule has 7 N–H and O–H groups in total. The molecule has 21 nitrogen and oxygen atoms in total. The van der Waals surface area contributed by atoms with Crippen LogP contribution in [0.25, 0.3) is 0 Å². The Labute approximate surface area is 406 Å². The molecule has 0 aliphatic carbocycles. The van der Waals surface area contributed by atoms with E-state index in [-0.39, 0.29) is 116 Å². The molecule has 24 heteroatoms. The van der Waals surface area contributed by atoms with E-state index in [1.54, 1.807) is 23.9 Å². The molecule has 376 valence electrons. The van der Waals surface area contributed by atoms with Crippen LogP contribution in [0.1, 0.15) is 95.2 Å². The molecule has 5 aliphatic heterocycles. The average Bonchev–Trinajstić information content (AvgIpc) is 4.07. The standard InChI is InChI=1S/C45H62N10O11S3/c1-53(26-39(58)48-16-3-4-20-69(65,66)21-7-17-46-33-11-6-10-32-40(33)44(62)55(43(32)61)35-12-13-37(56)51-42(35)60)36-23-29(14-18-47-36)28-8-5-9-30(22-28)34-27-67-45(50-34)52-38(57)24-49-41(59)31-15-19-54(25-31)68(2,63)64/h5-6,8-11,22,29,31,34-36,45-47,50H,3-4,7,12-21,23-27H2,1-2H3,(H,48,58)(H,49,59)(H,52,57)(H,51,56,60). The van der Waals surface area contributed by atoms with Crippen LogP contribution in [0.3, 0.4) is 0 Å². The maximum atomic E-state index is 13.3.